The number of esters is 1. The van der Waals surface area contributed by atoms with Gasteiger partial charge in [0.25, 0.3) is 0 Å². The average molecular weight is 540 g/mol. The molecule has 4 aliphatic carbocycles. The van der Waals surface area contributed by atoms with Crippen LogP contribution in [-0.2, 0) is 14.3 Å². The van der Waals surface area contributed by atoms with Crippen LogP contribution >= 0.6 is 11.6 Å². The Morgan fingerprint density at radius 2 is 1.92 bits per heavy atom. The maximum atomic E-state index is 13.0. The van der Waals surface area contributed by atoms with Crippen molar-refractivity contribution in [2.24, 2.45) is 40.2 Å². The monoisotopic (exact) mass is 539 g/mol. The quantitative estimate of drug-likeness (QED) is 0.357. The van der Waals surface area contributed by atoms with E-state index in [2.05, 4.69) is 36.3 Å². The fourth-order valence-corrected chi connectivity index (χ4v) is 8.46. The van der Waals surface area contributed by atoms with Crippen LogP contribution in [0.15, 0.2) is 36.2 Å². The summed E-state index contributed by atoms with van der Waals surface area (Å²) >= 11 is 6.61. The third-order valence-corrected chi connectivity index (χ3v) is 10.7. The van der Waals surface area contributed by atoms with Crippen molar-refractivity contribution in [2.75, 3.05) is 6.54 Å². The molecule has 1 amide bonds. The van der Waals surface area contributed by atoms with E-state index in [0.29, 0.717) is 17.8 Å². The molecule has 0 aromatic carbocycles. The molecular weight excluding hydrogens is 498 g/mol. The van der Waals surface area contributed by atoms with E-state index in [0.717, 1.165) is 49.1 Å². The molecule has 6 nitrogen and oxygen atoms in total. The summed E-state index contributed by atoms with van der Waals surface area (Å²) in [7, 11) is 0. The molecular formula is C31H42ClN3O3. The fourth-order valence-electron chi connectivity index (χ4n) is 8.26. The van der Waals surface area contributed by atoms with Crippen molar-refractivity contribution in [3.63, 3.8) is 0 Å². The van der Waals surface area contributed by atoms with Gasteiger partial charge in [0.1, 0.15) is 12.1 Å². The van der Waals surface area contributed by atoms with Gasteiger partial charge in [0.05, 0.1) is 11.6 Å². The normalized spacial score (nSPS) is 34.8. The molecule has 0 radical (unpaired) electrons. The lowest BCUT2D eigenvalue weighted by molar-refractivity contribution is -0.156. The van der Waals surface area contributed by atoms with E-state index in [-0.39, 0.29) is 41.3 Å². The van der Waals surface area contributed by atoms with E-state index >= 15 is 0 Å². The number of amides is 1. The summed E-state index contributed by atoms with van der Waals surface area (Å²) < 4.78 is 5.99. The fraction of sp³-hybridized carbons (Fsp3) is 0.645. The Morgan fingerprint density at radius 3 is 2.63 bits per heavy atom. The van der Waals surface area contributed by atoms with Gasteiger partial charge in [-0.1, -0.05) is 57.0 Å². The van der Waals surface area contributed by atoms with Crippen LogP contribution in [0.1, 0.15) is 78.2 Å². The molecule has 0 saturated heterocycles. The van der Waals surface area contributed by atoms with E-state index < -0.39 is 6.04 Å². The number of hydrogen-bond acceptors (Lipinski definition) is 5. The molecule has 0 aliphatic heterocycles. The predicted molar refractivity (Wildman–Crippen MR) is 150 cm³/mol. The number of pyridine rings is 1. The summed E-state index contributed by atoms with van der Waals surface area (Å²) in [5.41, 5.74) is 9.66. The Hall–Kier alpha value is -2.18. The number of rotatable bonds is 6. The van der Waals surface area contributed by atoms with Crippen molar-refractivity contribution in [3.05, 3.63) is 46.8 Å². The highest BCUT2D eigenvalue weighted by molar-refractivity contribution is 6.32. The molecule has 2 saturated carbocycles. The van der Waals surface area contributed by atoms with E-state index in [4.69, 9.17) is 22.1 Å². The van der Waals surface area contributed by atoms with Crippen molar-refractivity contribution in [2.45, 2.75) is 84.8 Å². The third kappa shape index (κ3) is 4.62. The molecule has 206 valence electrons. The van der Waals surface area contributed by atoms with Gasteiger partial charge >= 0.3 is 5.97 Å². The maximum Gasteiger partial charge on any atom is 0.329 e. The molecule has 2 fully saturated rings. The zero-order chi connectivity index (χ0) is 27.2. The zero-order valence-corrected chi connectivity index (χ0v) is 23.9. The van der Waals surface area contributed by atoms with Crippen LogP contribution in [0.25, 0.3) is 5.57 Å². The van der Waals surface area contributed by atoms with Gasteiger partial charge in [-0.15, -0.1) is 0 Å². The molecule has 1 heterocycles. The first-order chi connectivity index (χ1) is 18.1. The lowest BCUT2D eigenvalue weighted by Gasteiger charge is -2.58. The van der Waals surface area contributed by atoms with Crippen LogP contribution in [0, 0.1) is 34.5 Å². The maximum absolute atomic E-state index is 13.0. The summed E-state index contributed by atoms with van der Waals surface area (Å²) in [6, 6.07) is 1.23. The number of aromatic nitrogens is 1. The first-order valence-corrected chi connectivity index (χ1v) is 14.7. The number of nitrogens with two attached hydrogens (primary N) is 1. The largest absolute Gasteiger partial charge is 0.461 e. The van der Waals surface area contributed by atoms with Crippen molar-refractivity contribution in [3.8, 4) is 0 Å². The lowest BCUT2D eigenvalue weighted by Crippen LogP contribution is -2.51. The second kappa shape index (κ2) is 10.4. The number of carbonyl (C=O) groups is 2. The number of hydrogen-bond donors (Lipinski definition) is 2. The standard InChI is InChI=1S/C31H42ClN3O3/c1-18(2)28(35-27(36)16-33)29(37)38-20-9-12-30(3)19(15-20)5-6-21-23-7-8-24(22-17-34-14-11-26(22)32)31(23,4)13-10-25(21)30/h5,8,11,14,17-18,20-21,23,25,28H,6-7,9-10,12-13,15-16,33H2,1-4H3,(H,35,36)/t20-,21-,23-,25-,28-,30-,31-/m0/s1. The van der Waals surface area contributed by atoms with Crippen LogP contribution < -0.4 is 11.1 Å². The number of nitrogens with one attached hydrogen (secondary N) is 1. The molecule has 0 spiro atoms. The topological polar surface area (TPSA) is 94.3 Å². The Kier molecular flexibility index (Phi) is 7.51. The Bertz CT molecular complexity index is 1160. The molecule has 5 rings (SSSR count). The highest BCUT2D eigenvalue weighted by Crippen LogP contribution is 2.66. The minimum atomic E-state index is -0.669. The van der Waals surface area contributed by atoms with Crippen LogP contribution in [0.3, 0.4) is 0 Å². The van der Waals surface area contributed by atoms with Crippen molar-refractivity contribution >= 4 is 29.1 Å². The lowest BCUT2D eigenvalue weighted by atomic mass is 9.47. The Balaban J connectivity index is 1.30. The summed E-state index contributed by atoms with van der Waals surface area (Å²) in [5.74, 6) is 1.14. The van der Waals surface area contributed by atoms with Gasteiger partial charge in [-0.05, 0) is 84.7 Å². The smallest absolute Gasteiger partial charge is 0.329 e. The predicted octanol–water partition coefficient (Wildman–Crippen LogP) is 5.70. The number of ether oxygens (including phenoxy) is 1. The summed E-state index contributed by atoms with van der Waals surface area (Å²) in [6.07, 6.45) is 15.7. The molecule has 7 heteroatoms. The molecule has 3 N–H and O–H groups in total. The van der Waals surface area contributed by atoms with Crippen molar-refractivity contribution < 1.29 is 14.3 Å². The van der Waals surface area contributed by atoms with Crippen LogP contribution in [-0.4, -0.2) is 35.6 Å². The summed E-state index contributed by atoms with van der Waals surface area (Å²) in [6.45, 7) is 8.58. The molecule has 1 aromatic heterocycles. The number of allylic oxidation sites excluding steroid dienone is 3. The molecule has 1 aromatic rings. The minimum Gasteiger partial charge on any atom is -0.461 e. The molecule has 7 atom stereocenters. The van der Waals surface area contributed by atoms with E-state index in [1.807, 2.05) is 26.1 Å². The van der Waals surface area contributed by atoms with E-state index in [9.17, 15) is 9.59 Å². The number of carbonyl (C=O) groups excluding carboxylic acids is 2. The number of halogens is 1. The molecule has 0 bridgehead atoms. The summed E-state index contributed by atoms with van der Waals surface area (Å²) in [5, 5.41) is 3.52. The van der Waals surface area contributed by atoms with Crippen molar-refractivity contribution in [1.82, 2.24) is 10.3 Å². The van der Waals surface area contributed by atoms with Gasteiger partial charge in [0, 0.05) is 24.4 Å². The first-order valence-electron chi connectivity index (χ1n) is 14.3. The second-order valence-electron chi connectivity index (χ2n) is 12.7. The van der Waals surface area contributed by atoms with Gasteiger partial charge in [0.15, 0.2) is 0 Å². The summed E-state index contributed by atoms with van der Waals surface area (Å²) in [4.78, 5) is 29.2. The minimum absolute atomic E-state index is 0.0653. The first kappa shape index (κ1) is 27.4. The van der Waals surface area contributed by atoms with E-state index in [1.54, 1.807) is 6.20 Å². The third-order valence-electron chi connectivity index (χ3n) is 10.4. The molecule has 4 aliphatic rings. The van der Waals surface area contributed by atoms with Gasteiger partial charge in [0.2, 0.25) is 5.91 Å². The number of nitrogens with zero attached hydrogens (tertiary/aromatic N) is 1. The van der Waals surface area contributed by atoms with Crippen LogP contribution in [0.2, 0.25) is 5.02 Å². The highest BCUT2D eigenvalue weighted by atomic mass is 35.5. The number of fused-ring (bicyclic) bond motifs is 5. The van der Waals surface area contributed by atoms with Gasteiger partial charge in [-0.25, -0.2) is 4.79 Å². The van der Waals surface area contributed by atoms with Gasteiger partial charge in [-0.2, -0.15) is 0 Å². The molecule has 38 heavy (non-hydrogen) atoms. The Labute approximate surface area is 231 Å². The SMILES string of the molecule is CC(C)[C@H](NC(=O)CN)C(=O)O[C@H]1CC[C@@]2(C)C(=CC[C@@H]3[C@@H]2CC[C@]2(C)C(c4cnccc4Cl)=CC[C@@H]32)C1. The Morgan fingerprint density at radius 1 is 1.16 bits per heavy atom. The van der Waals surface area contributed by atoms with Gasteiger partial charge in [-0.3, -0.25) is 9.78 Å². The highest BCUT2D eigenvalue weighted by Gasteiger charge is 2.57. The van der Waals surface area contributed by atoms with Crippen LogP contribution in [0.4, 0.5) is 0 Å². The molecule has 0 unspecified atom stereocenters. The van der Waals surface area contributed by atoms with Crippen molar-refractivity contribution in [1.29, 1.82) is 0 Å². The zero-order valence-electron chi connectivity index (χ0n) is 23.1. The van der Waals surface area contributed by atoms with Gasteiger partial charge < -0.3 is 15.8 Å². The van der Waals surface area contributed by atoms with Crippen LogP contribution in [0.5, 0.6) is 0 Å². The second-order valence-corrected chi connectivity index (χ2v) is 13.1. The van der Waals surface area contributed by atoms with E-state index in [1.165, 1.54) is 17.6 Å². The average Bonchev–Trinajstić information content (AvgIpc) is 3.24.